The lowest BCUT2D eigenvalue weighted by Crippen LogP contribution is -2.36. The van der Waals surface area contributed by atoms with Gasteiger partial charge in [-0.3, -0.25) is 0 Å². The molecule has 102 valence electrons. The van der Waals surface area contributed by atoms with E-state index in [4.69, 9.17) is 9.47 Å². The summed E-state index contributed by atoms with van der Waals surface area (Å²) in [5, 5.41) is 3.36. The Morgan fingerprint density at radius 3 is 2.28 bits per heavy atom. The molecule has 0 aliphatic heterocycles. The Hall–Kier alpha value is -0.900. The maximum Gasteiger partial charge on any atom is 0.0793 e. The van der Waals surface area contributed by atoms with Crippen LogP contribution >= 0.6 is 0 Å². The number of hydrogen-bond acceptors (Lipinski definition) is 3. The first-order valence-corrected chi connectivity index (χ1v) is 6.53. The molecule has 0 aliphatic carbocycles. The number of methoxy groups -OCH3 is 1. The summed E-state index contributed by atoms with van der Waals surface area (Å²) in [6.07, 6.45) is 0.146. The molecule has 0 saturated carbocycles. The minimum Gasteiger partial charge on any atom is -0.382 e. The average molecular weight is 251 g/mol. The quantitative estimate of drug-likeness (QED) is 0.720. The molecular weight excluding hydrogens is 226 g/mol. The van der Waals surface area contributed by atoms with Crippen LogP contribution in [0.25, 0.3) is 0 Å². The summed E-state index contributed by atoms with van der Waals surface area (Å²) in [6, 6.07) is 10.6. The molecule has 0 radical (unpaired) electrons. The van der Waals surface area contributed by atoms with Gasteiger partial charge in [-0.2, -0.15) is 0 Å². The molecule has 18 heavy (non-hydrogen) atoms. The highest BCUT2D eigenvalue weighted by molar-refractivity contribution is 5.20. The van der Waals surface area contributed by atoms with Crippen LogP contribution in [0.2, 0.25) is 0 Å². The lowest BCUT2D eigenvalue weighted by atomic mass is 9.93. The second-order valence-electron chi connectivity index (χ2n) is 4.75. The monoisotopic (exact) mass is 251 g/mol. The Balaban J connectivity index is 2.74. The second-order valence-corrected chi connectivity index (χ2v) is 4.75. The Kier molecular flexibility index (Phi) is 6.94. The number of ether oxygens (including phenoxy) is 2. The van der Waals surface area contributed by atoms with Crippen LogP contribution in [-0.2, 0) is 9.47 Å². The van der Waals surface area contributed by atoms with E-state index >= 15 is 0 Å². The van der Waals surface area contributed by atoms with E-state index in [0.717, 1.165) is 0 Å². The summed E-state index contributed by atoms with van der Waals surface area (Å²) in [6.45, 7) is 5.63. The molecule has 1 rings (SSSR count). The van der Waals surface area contributed by atoms with Crippen molar-refractivity contribution in [3.8, 4) is 0 Å². The molecule has 0 spiro atoms. The number of rotatable bonds is 8. The van der Waals surface area contributed by atoms with Gasteiger partial charge in [0.05, 0.1) is 25.4 Å². The Morgan fingerprint density at radius 1 is 1.11 bits per heavy atom. The first kappa shape index (κ1) is 15.2. The molecule has 0 fully saturated rings. The van der Waals surface area contributed by atoms with Gasteiger partial charge in [-0.15, -0.1) is 0 Å². The lowest BCUT2D eigenvalue weighted by Gasteiger charge is -2.30. The van der Waals surface area contributed by atoms with Gasteiger partial charge >= 0.3 is 0 Å². The molecule has 0 amide bonds. The number of nitrogens with one attached hydrogen (secondary N) is 1. The first-order chi connectivity index (χ1) is 8.70. The van der Waals surface area contributed by atoms with Crippen molar-refractivity contribution in [2.24, 2.45) is 5.92 Å². The number of likely N-dealkylation sites (N-methyl/N-ethyl adjacent to an activating group) is 1. The van der Waals surface area contributed by atoms with Crippen LogP contribution in [0, 0.1) is 5.92 Å². The van der Waals surface area contributed by atoms with E-state index in [1.54, 1.807) is 7.11 Å². The molecular formula is C15H25NO2. The summed E-state index contributed by atoms with van der Waals surface area (Å²) >= 11 is 0. The Bertz CT molecular complexity index is 314. The normalized spacial score (nSPS) is 14.7. The van der Waals surface area contributed by atoms with Gasteiger partial charge in [-0.25, -0.2) is 0 Å². The van der Waals surface area contributed by atoms with Gasteiger partial charge < -0.3 is 14.8 Å². The van der Waals surface area contributed by atoms with Crippen molar-refractivity contribution in [2.45, 2.75) is 26.0 Å². The van der Waals surface area contributed by atoms with Gasteiger partial charge in [-0.1, -0.05) is 44.2 Å². The van der Waals surface area contributed by atoms with Gasteiger partial charge in [0.15, 0.2) is 0 Å². The van der Waals surface area contributed by atoms with Crippen molar-refractivity contribution in [1.29, 1.82) is 0 Å². The number of hydrogen-bond donors (Lipinski definition) is 1. The molecule has 2 atom stereocenters. The van der Waals surface area contributed by atoms with Crippen LogP contribution < -0.4 is 5.32 Å². The predicted molar refractivity (Wildman–Crippen MR) is 74.7 cm³/mol. The van der Waals surface area contributed by atoms with E-state index < -0.39 is 0 Å². The van der Waals surface area contributed by atoms with E-state index in [9.17, 15) is 0 Å². The Morgan fingerprint density at radius 2 is 1.78 bits per heavy atom. The van der Waals surface area contributed by atoms with Gasteiger partial charge in [0, 0.05) is 7.11 Å². The van der Waals surface area contributed by atoms with E-state index in [2.05, 4.69) is 43.4 Å². The minimum absolute atomic E-state index is 0.146. The zero-order chi connectivity index (χ0) is 13.4. The summed E-state index contributed by atoms with van der Waals surface area (Å²) < 4.78 is 11.0. The maximum absolute atomic E-state index is 5.96. The topological polar surface area (TPSA) is 30.5 Å². The largest absolute Gasteiger partial charge is 0.382 e. The molecule has 3 nitrogen and oxygen atoms in total. The zero-order valence-electron chi connectivity index (χ0n) is 11.8. The number of benzene rings is 1. The molecule has 0 heterocycles. The van der Waals surface area contributed by atoms with E-state index in [1.807, 2.05) is 13.1 Å². The fourth-order valence-corrected chi connectivity index (χ4v) is 2.12. The third-order valence-electron chi connectivity index (χ3n) is 3.05. The van der Waals surface area contributed by atoms with Crippen molar-refractivity contribution in [1.82, 2.24) is 5.32 Å². The SMILES string of the molecule is CNC(c1ccccc1)C(OCCOC)C(C)C. The van der Waals surface area contributed by atoms with Crippen molar-refractivity contribution in [3.63, 3.8) is 0 Å². The third kappa shape index (κ3) is 4.41. The van der Waals surface area contributed by atoms with E-state index in [0.29, 0.717) is 19.1 Å². The average Bonchev–Trinajstić information content (AvgIpc) is 2.39. The van der Waals surface area contributed by atoms with E-state index in [-0.39, 0.29) is 12.1 Å². The van der Waals surface area contributed by atoms with Gasteiger partial charge in [0.2, 0.25) is 0 Å². The van der Waals surface area contributed by atoms with Crippen LogP contribution in [0.5, 0.6) is 0 Å². The molecule has 1 aromatic carbocycles. The minimum atomic E-state index is 0.146. The van der Waals surface area contributed by atoms with Crippen LogP contribution in [0.15, 0.2) is 30.3 Å². The standard InChI is InChI=1S/C15H25NO2/c1-12(2)15(18-11-10-17-4)14(16-3)13-8-6-5-7-9-13/h5-9,12,14-16H,10-11H2,1-4H3. The van der Waals surface area contributed by atoms with Crippen LogP contribution in [-0.4, -0.2) is 33.5 Å². The summed E-state index contributed by atoms with van der Waals surface area (Å²) in [5.74, 6) is 0.444. The zero-order valence-corrected chi connectivity index (χ0v) is 11.8. The predicted octanol–water partition coefficient (Wildman–Crippen LogP) is 2.63. The van der Waals surface area contributed by atoms with Crippen molar-refractivity contribution >= 4 is 0 Å². The van der Waals surface area contributed by atoms with E-state index in [1.165, 1.54) is 5.56 Å². The molecule has 0 aliphatic rings. The van der Waals surface area contributed by atoms with Crippen LogP contribution in [0.1, 0.15) is 25.5 Å². The maximum atomic E-state index is 5.96. The third-order valence-corrected chi connectivity index (χ3v) is 3.05. The highest BCUT2D eigenvalue weighted by atomic mass is 16.5. The highest BCUT2D eigenvalue weighted by Crippen LogP contribution is 2.24. The molecule has 1 aromatic rings. The summed E-state index contributed by atoms with van der Waals surface area (Å²) in [7, 11) is 3.67. The first-order valence-electron chi connectivity index (χ1n) is 6.53. The fourth-order valence-electron chi connectivity index (χ4n) is 2.12. The summed E-state index contributed by atoms with van der Waals surface area (Å²) in [5.41, 5.74) is 1.26. The second kappa shape index (κ2) is 8.25. The molecule has 0 bridgehead atoms. The van der Waals surface area contributed by atoms with Gasteiger partial charge in [-0.05, 0) is 18.5 Å². The van der Waals surface area contributed by atoms with Crippen LogP contribution in [0.4, 0.5) is 0 Å². The van der Waals surface area contributed by atoms with Crippen molar-refractivity contribution < 1.29 is 9.47 Å². The molecule has 1 N–H and O–H groups in total. The van der Waals surface area contributed by atoms with Crippen LogP contribution in [0.3, 0.4) is 0 Å². The highest BCUT2D eigenvalue weighted by Gasteiger charge is 2.25. The molecule has 0 saturated heterocycles. The smallest absolute Gasteiger partial charge is 0.0793 e. The van der Waals surface area contributed by atoms with Gasteiger partial charge in [0.25, 0.3) is 0 Å². The van der Waals surface area contributed by atoms with Crippen molar-refractivity contribution in [3.05, 3.63) is 35.9 Å². The molecule has 0 aromatic heterocycles. The summed E-state index contributed by atoms with van der Waals surface area (Å²) in [4.78, 5) is 0. The van der Waals surface area contributed by atoms with Crippen molar-refractivity contribution in [2.75, 3.05) is 27.4 Å². The Labute approximate surface area is 110 Å². The lowest BCUT2D eigenvalue weighted by molar-refractivity contribution is -0.0248. The molecule has 2 unspecified atom stereocenters. The van der Waals surface area contributed by atoms with Gasteiger partial charge in [0.1, 0.15) is 0 Å². The fraction of sp³-hybridized carbons (Fsp3) is 0.600. The molecule has 3 heteroatoms.